The van der Waals surface area contributed by atoms with Crippen molar-refractivity contribution in [1.29, 1.82) is 0 Å². The molecule has 0 aliphatic carbocycles. The normalized spacial score (nSPS) is 10.4. The third kappa shape index (κ3) is 5.87. The molecule has 6 nitrogen and oxygen atoms in total. The zero-order chi connectivity index (χ0) is 19.1. The number of hydrogen-bond acceptors (Lipinski definition) is 4. The Balaban J connectivity index is 0.00000280. The standard InChI is InChI=1S/C20H22FN5O.ClH/c21-18-8-4-7-17(13-18)14-26-15-19(23-24-26)20(27)25(12-10-22)11-9-16-5-2-1-3-6-16;/h1-8,13,15H,9-12,14,22H2;1H. The zero-order valence-corrected chi connectivity index (χ0v) is 16.2. The van der Waals surface area contributed by atoms with Crippen LogP contribution in [0.25, 0.3) is 0 Å². The fraction of sp³-hybridized carbons (Fsp3) is 0.250. The van der Waals surface area contributed by atoms with Crippen LogP contribution in [0.3, 0.4) is 0 Å². The van der Waals surface area contributed by atoms with Crippen LogP contribution in [0.4, 0.5) is 4.39 Å². The van der Waals surface area contributed by atoms with E-state index in [9.17, 15) is 9.18 Å². The van der Waals surface area contributed by atoms with Gasteiger partial charge in [0, 0.05) is 19.6 Å². The molecule has 1 aromatic heterocycles. The maximum Gasteiger partial charge on any atom is 0.276 e. The molecule has 28 heavy (non-hydrogen) atoms. The van der Waals surface area contributed by atoms with Gasteiger partial charge in [-0.05, 0) is 29.7 Å². The Morgan fingerprint density at radius 1 is 1.07 bits per heavy atom. The van der Waals surface area contributed by atoms with Crippen molar-refractivity contribution < 1.29 is 9.18 Å². The summed E-state index contributed by atoms with van der Waals surface area (Å²) >= 11 is 0. The van der Waals surface area contributed by atoms with Crippen LogP contribution < -0.4 is 5.73 Å². The smallest absolute Gasteiger partial charge is 0.276 e. The predicted molar refractivity (Wildman–Crippen MR) is 108 cm³/mol. The summed E-state index contributed by atoms with van der Waals surface area (Å²) in [6.45, 7) is 1.72. The van der Waals surface area contributed by atoms with Crippen LogP contribution in [0.2, 0.25) is 0 Å². The van der Waals surface area contributed by atoms with Crippen molar-refractivity contribution >= 4 is 18.3 Å². The van der Waals surface area contributed by atoms with Crippen LogP contribution >= 0.6 is 12.4 Å². The third-order valence-electron chi connectivity index (χ3n) is 4.19. The number of amides is 1. The molecule has 2 N–H and O–H groups in total. The number of hydrogen-bond donors (Lipinski definition) is 1. The molecule has 0 unspecified atom stereocenters. The van der Waals surface area contributed by atoms with Crippen molar-refractivity contribution in [2.75, 3.05) is 19.6 Å². The van der Waals surface area contributed by atoms with Crippen LogP contribution in [0.5, 0.6) is 0 Å². The first-order valence-corrected chi connectivity index (χ1v) is 8.83. The molecule has 148 valence electrons. The summed E-state index contributed by atoms with van der Waals surface area (Å²) in [5, 5.41) is 7.97. The SMILES string of the molecule is Cl.NCCN(CCc1ccccc1)C(=O)c1cn(Cc2cccc(F)c2)nn1. The lowest BCUT2D eigenvalue weighted by Gasteiger charge is -2.20. The number of nitrogens with two attached hydrogens (primary N) is 1. The number of halogens is 2. The molecule has 0 spiro atoms. The van der Waals surface area contributed by atoms with Gasteiger partial charge in [-0.1, -0.05) is 47.7 Å². The second kappa shape index (κ2) is 10.5. The minimum atomic E-state index is -0.307. The highest BCUT2D eigenvalue weighted by Gasteiger charge is 2.18. The van der Waals surface area contributed by atoms with E-state index < -0.39 is 0 Å². The first-order chi connectivity index (χ1) is 13.2. The van der Waals surface area contributed by atoms with E-state index >= 15 is 0 Å². The molecule has 0 radical (unpaired) electrons. The average molecular weight is 404 g/mol. The first kappa shape index (κ1) is 21.5. The molecule has 0 fully saturated rings. The summed E-state index contributed by atoms with van der Waals surface area (Å²) in [4.78, 5) is 14.5. The highest BCUT2D eigenvalue weighted by molar-refractivity contribution is 5.91. The Morgan fingerprint density at radius 3 is 2.54 bits per heavy atom. The highest BCUT2D eigenvalue weighted by atomic mass is 35.5. The first-order valence-electron chi connectivity index (χ1n) is 8.83. The molecule has 0 atom stereocenters. The van der Waals surface area contributed by atoms with Crippen molar-refractivity contribution in [3.8, 4) is 0 Å². The van der Waals surface area contributed by atoms with Crippen molar-refractivity contribution in [3.05, 3.63) is 83.4 Å². The van der Waals surface area contributed by atoms with Gasteiger partial charge in [0.05, 0.1) is 12.7 Å². The lowest BCUT2D eigenvalue weighted by molar-refractivity contribution is 0.0756. The van der Waals surface area contributed by atoms with Gasteiger partial charge < -0.3 is 10.6 Å². The van der Waals surface area contributed by atoms with Crippen LogP contribution in [0.1, 0.15) is 21.6 Å². The summed E-state index contributed by atoms with van der Waals surface area (Å²) in [6, 6.07) is 16.2. The van der Waals surface area contributed by atoms with E-state index in [1.54, 1.807) is 23.2 Å². The lowest BCUT2D eigenvalue weighted by Crippen LogP contribution is -2.37. The number of rotatable bonds is 8. The molecule has 2 aromatic carbocycles. The quantitative estimate of drug-likeness (QED) is 0.627. The number of carbonyl (C=O) groups is 1. The summed E-state index contributed by atoms with van der Waals surface area (Å²) in [5.74, 6) is -0.513. The van der Waals surface area contributed by atoms with Gasteiger partial charge >= 0.3 is 0 Å². The van der Waals surface area contributed by atoms with Crippen LogP contribution in [0, 0.1) is 5.82 Å². The van der Waals surface area contributed by atoms with Crippen molar-refractivity contribution in [2.24, 2.45) is 5.73 Å². The molecule has 0 bridgehead atoms. The van der Waals surface area contributed by atoms with Crippen molar-refractivity contribution in [3.63, 3.8) is 0 Å². The maximum absolute atomic E-state index is 13.3. The number of benzene rings is 2. The Kier molecular flexibility index (Phi) is 8.10. The van der Waals surface area contributed by atoms with E-state index in [0.29, 0.717) is 26.2 Å². The monoisotopic (exact) mass is 403 g/mol. The molecular formula is C20H23ClFN5O. The van der Waals surface area contributed by atoms with E-state index in [-0.39, 0.29) is 29.8 Å². The molecule has 0 saturated carbocycles. The summed E-state index contributed by atoms with van der Waals surface area (Å²) in [6.07, 6.45) is 2.32. The minimum absolute atomic E-state index is 0. The molecular weight excluding hydrogens is 381 g/mol. The molecule has 0 aliphatic rings. The van der Waals surface area contributed by atoms with Gasteiger partial charge in [0.2, 0.25) is 0 Å². The molecule has 0 aliphatic heterocycles. The topological polar surface area (TPSA) is 77.0 Å². The fourth-order valence-electron chi connectivity index (χ4n) is 2.84. The van der Waals surface area contributed by atoms with Crippen molar-refractivity contribution in [2.45, 2.75) is 13.0 Å². The van der Waals surface area contributed by atoms with Crippen molar-refractivity contribution in [1.82, 2.24) is 19.9 Å². The molecule has 1 amide bonds. The van der Waals surface area contributed by atoms with Crippen LogP contribution in [-0.4, -0.2) is 45.4 Å². The summed E-state index contributed by atoms with van der Waals surface area (Å²) in [7, 11) is 0. The highest BCUT2D eigenvalue weighted by Crippen LogP contribution is 2.08. The van der Waals surface area contributed by atoms with Crippen LogP contribution in [0.15, 0.2) is 60.8 Å². The van der Waals surface area contributed by atoms with E-state index in [0.717, 1.165) is 17.5 Å². The Labute approximate surface area is 169 Å². The summed E-state index contributed by atoms with van der Waals surface area (Å²) < 4.78 is 14.8. The van der Waals surface area contributed by atoms with E-state index in [4.69, 9.17) is 5.73 Å². The second-order valence-corrected chi connectivity index (χ2v) is 6.25. The van der Waals surface area contributed by atoms with Crippen LogP contribution in [-0.2, 0) is 13.0 Å². The van der Waals surface area contributed by atoms with Gasteiger partial charge in [-0.15, -0.1) is 17.5 Å². The van der Waals surface area contributed by atoms with E-state index in [1.165, 1.54) is 16.8 Å². The Hall–Kier alpha value is -2.77. The molecule has 0 saturated heterocycles. The largest absolute Gasteiger partial charge is 0.336 e. The average Bonchev–Trinajstić information content (AvgIpc) is 3.14. The van der Waals surface area contributed by atoms with Gasteiger partial charge in [-0.2, -0.15) is 0 Å². The fourth-order valence-corrected chi connectivity index (χ4v) is 2.84. The lowest BCUT2D eigenvalue weighted by atomic mass is 10.1. The van der Waals surface area contributed by atoms with E-state index in [1.807, 2.05) is 30.3 Å². The van der Waals surface area contributed by atoms with E-state index in [2.05, 4.69) is 10.3 Å². The van der Waals surface area contributed by atoms with Gasteiger partial charge in [0.25, 0.3) is 5.91 Å². The van der Waals surface area contributed by atoms with Gasteiger partial charge in [-0.3, -0.25) is 4.79 Å². The third-order valence-corrected chi connectivity index (χ3v) is 4.19. The zero-order valence-electron chi connectivity index (χ0n) is 15.4. The maximum atomic E-state index is 13.3. The Morgan fingerprint density at radius 2 is 1.82 bits per heavy atom. The van der Waals surface area contributed by atoms with Gasteiger partial charge in [0.15, 0.2) is 5.69 Å². The predicted octanol–water partition coefficient (Wildman–Crippen LogP) is 2.53. The number of nitrogens with zero attached hydrogens (tertiary/aromatic N) is 4. The molecule has 3 rings (SSSR count). The molecule has 3 aromatic rings. The Bertz CT molecular complexity index is 887. The molecule has 8 heteroatoms. The number of carbonyl (C=O) groups excluding carboxylic acids is 1. The molecule has 1 heterocycles. The van der Waals surface area contributed by atoms with Gasteiger partial charge in [-0.25, -0.2) is 9.07 Å². The van der Waals surface area contributed by atoms with Gasteiger partial charge in [0.1, 0.15) is 5.82 Å². The summed E-state index contributed by atoms with van der Waals surface area (Å²) in [5.41, 5.74) is 7.83. The number of aromatic nitrogens is 3. The second-order valence-electron chi connectivity index (χ2n) is 6.25. The minimum Gasteiger partial charge on any atom is -0.336 e.